The van der Waals surface area contributed by atoms with Gasteiger partial charge in [-0.25, -0.2) is 4.39 Å². The third-order valence-corrected chi connectivity index (χ3v) is 2.79. The maximum atomic E-state index is 14.0. The molecular formula is C12H17ClFNO. The third-order valence-electron chi connectivity index (χ3n) is 2.48. The number of hydrogen-bond donors (Lipinski definition) is 2. The summed E-state index contributed by atoms with van der Waals surface area (Å²) in [5, 5.41) is 9.23. The fourth-order valence-corrected chi connectivity index (χ4v) is 2.18. The molecule has 1 rings (SSSR count). The second kappa shape index (κ2) is 5.13. The molecule has 0 saturated heterocycles. The van der Waals surface area contributed by atoms with Crippen LogP contribution >= 0.6 is 11.6 Å². The quantitative estimate of drug-likeness (QED) is 0.857. The van der Waals surface area contributed by atoms with Crippen LogP contribution < -0.4 is 5.73 Å². The Kier molecular flexibility index (Phi) is 4.30. The summed E-state index contributed by atoms with van der Waals surface area (Å²) in [6.45, 7) is 2.87. The van der Waals surface area contributed by atoms with Crippen molar-refractivity contribution in [3.05, 3.63) is 34.3 Å². The highest BCUT2D eigenvalue weighted by Gasteiger charge is 2.27. The van der Waals surface area contributed by atoms with Crippen LogP contribution in [0.1, 0.15) is 37.4 Å². The van der Waals surface area contributed by atoms with Gasteiger partial charge in [0.05, 0.1) is 0 Å². The van der Waals surface area contributed by atoms with Crippen molar-refractivity contribution >= 4 is 11.6 Å². The number of rotatable bonds is 4. The minimum atomic E-state index is -1.54. The Morgan fingerprint density at radius 1 is 1.50 bits per heavy atom. The molecule has 0 saturated carbocycles. The fraction of sp³-hybridized carbons (Fsp3) is 0.500. The van der Waals surface area contributed by atoms with Gasteiger partial charge < -0.3 is 10.8 Å². The minimum Gasteiger partial charge on any atom is -0.396 e. The molecule has 1 aromatic rings. The summed E-state index contributed by atoms with van der Waals surface area (Å²) >= 11 is 6.00. The summed E-state index contributed by atoms with van der Waals surface area (Å²) in [5.74, 6) is 0. The molecule has 0 fully saturated rings. The molecule has 2 nitrogen and oxygen atoms in total. The van der Waals surface area contributed by atoms with Gasteiger partial charge in [-0.15, -0.1) is 0 Å². The summed E-state index contributed by atoms with van der Waals surface area (Å²) in [6, 6.07) is 4.74. The van der Waals surface area contributed by atoms with E-state index < -0.39 is 11.7 Å². The van der Waals surface area contributed by atoms with E-state index in [4.69, 9.17) is 22.4 Å². The average molecular weight is 246 g/mol. The standard InChI is InChI=1S/C12H17ClFNO/c1-12(2,14)11-8(10(15)6-7-16)4-3-5-9(11)13/h3-5,10,16H,6-7,15H2,1-2H3. The Balaban J connectivity index is 3.23. The number of benzene rings is 1. The maximum Gasteiger partial charge on any atom is 0.132 e. The predicted octanol–water partition coefficient (Wildman–Crippen LogP) is 2.93. The van der Waals surface area contributed by atoms with Crippen LogP contribution in [-0.2, 0) is 5.67 Å². The van der Waals surface area contributed by atoms with Gasteiger partial charge in [-0.2, -0.15) is 0 Å². The van der Waals surface area contributed by atoms with Crippen LogP contribution in [0.15, 0.2) is 18.2 Å². The van der Waals surface area contributed by atoms with E-state index in [1.165, 1.54) is 13.8 Å². The fourth-order valence-electron chi connectivity index (χ4n) is 1.77. The van der Waals surface area contributed by atoms with Crippen molar-refractivity contribution in [2.45, 2.75) is 32.0 Å². The highest BCUT2D eigenvalue weighted by Crippen LogP contribution is 2.36. The minimum absolute atomic E-state index is 0.0279. The molecule has 0 aliphatic rings. The topological polar surface area (TPSA) is 46.2 Å². The number of aliphatic hydroxyl groups is 1. The van der Waals surface area contributed by atoms with E-state index in [0.29, 0.717) is 22.6 Å². The first kappa shape index (κ1) is 13.4. The summed E-state index contributed by atoms with van der Waals surface area (Å²) in [5.41, 5.74) is 5.42. The number of hydrogen-bond acceptors (Lipinski definition) is 2. The molecule has 0 aromatic heterocycles. The normalized spacial score (nSPS) is 13.9. The zero-order valence-electron chi connectivity index (χ0n) is 9.50. The number of aliphatic hydroxyl groups excluding tert-OH is 1. The van der Waals surface area contributed by atoms with E-state index in [-0.39, 0.29) is 6.61 Å². The van der Waals surface area contributed by atoms with Crippen LogP contribution in [0.3, 0.4) is 0 Å². The Labute approximate surface area is 100 Å². The lowest BCUT2D eigenvalue weighted by molar-refractivity contribution is 0.217. The Morgan fingerprint density at radius 2 is 2.12 bits per heavy atom. The van der Waals surface area contributed by atoms with Gasteiger partial charge in [0.1, 0.15) is 5.67 Å². The Bertz CT molecular complexity index is 363. The van der Waals surface area contributed by atoms with Gasteiger partial charge in [0.15, 0.2) is 0 Å². The zero-order chi connectivity index (χ0) is 12.3. The number of nitrogens with two attached hydrogens (primary N) is 1. The largest absolute Gasteiger partial charge is 0.396 e. The van der Waals surface area contributed by atoms with Gasteiger partial charge in [0.2, 0.25) is 0 Å². The van der Waals surface area contributed by atoms with E-state index in [0.717, 1.165) is 0 Å². The molecule has 4 heteroatoms. The van der Waals surface area contributed by atoms with Crippen LogP contribution in [0, 0.1) is 0 Å². The van der Waals surface area contributed by atoms with E-state index in [9.17, 15) is 4.39 Å². The molecule has 3 N–H and O–H groups in total. The SMILES string of the molecule is CC(C)(F)c1c(Cl)cccc1C(N)CCO. The average Bonchev–Trinajstić information content (AvgIpc) is 2.15. The molecule has 0 bridgehead atoms. The third kappa shape index (κ3) is 2.94. The van der Waals surface area contributed by atoms with Crippen LogP contribution in [-0.4, -0.2) is 11.7 Å². The Morgan fingerprint density at radius 3 is 2.62 bits per heavy atom. The van der Waals surface area contributed by atoms with Crippen LogP contribution in [0.25, 0.3) is 0 Å². The van der Waals surface area contributed by atoms with Crippen molar-refractivity contribution in [2.24, 2.45) is 5.73 Å². The lowest BCUT2D eigenvalue weighted by atomic mass is 9.90. The van der Waals surface area contributed by atoms with Crippen molar-refractivity contribution in [2.75, 3.05) is 6.61 Å². The molecule has 0 amide bonds. The molecule has 0 radical (unpaired) electrons. The lowest BCUT2D eigenvalue weighted by Crippen LogP contribution is -2.20. The first-order valence-electron chi connectivity index (χ1n) is 5.22. The smallest absolute Gasteiger partial charge is 0.132 e. The van der Waals surface area contributed by atoms with Gasteiger partial charge in [0, 0.05) is 23.2 Å². The number of alkyl halides is 1. The summed E-state index contributed by atoms with van der Waals surface area (Å²) in [6.07, 6.45) is 0.392. The van der Waals surface area contributed by atoms with Gasteiger partial charge >= 0.3 is 0 Å². The van der Waals surface area contributed by atoms with E-state index in [2.05, 4.69) is 0 Å². The number of halogens is 2. The van der Waals surface area contributed by atoms with Crippen LogP contribution in [0.2, 0.25) is 5.02 Å². The molecule has 0 heterocycles. The second-order valence-electron chi connectivity index (χ2n) is 4.30. The highest BCUT2D eigenvalue weighted by atomic mass is 35.5. The molecule has 16 heavy (non-hydrogen) atoms. The van der Waals surface area contributed by atoms with E-state index >= 15 is 0 Å². The highest BCUT2D eigenvalue weighted by molar-refractivity contribution is 6.31. The molecule has 0 aliphatic carbocycles. The zero-order valence-corrected chi connectivity index (χ0v) is 10.3. The first-order valence-corrected chi connectivity index (χ1v) is 5.60. The van der Waals surface area contributed by atoms with Crippen molar-refractivity contribution < 1.29 is 9.50 Å². The summed E-state index contributed by atoms with van der Waals surface area (Å²) in [4.78, 5) is 0. The molecule has 0 aliphatic heterocycles. The van der Waals surface area contributed by atoms with Crippen LogP contribution in [0.5, 0.6) is 0 Å². The predicted molar refractivity (Wildman–Crippen MR) is 64.2 cm³/mol. The van der Waals surface area contributed by atoms with Gasteiger partial charge in [-0.1, -0.05) is 23.7 Å². The van der Waals surface area contributed by atoms with E-state index in [1.807, 2.05) is 0 Å². The summed E-state index contributed by atoms with van der Waals surface area (Å²) < 4.78 is 14.0. The van der Waals surface area contributed by atoms with Gasteiger partial charge in [-0.3, -0.25) is 0 Å². The lowest BCUT2D eigenvalue weighted by Gasteiger charge is -2.23. The van der Waals surface area contributed by atoms with Crippen molar-refractivity contribution in [3.63, 3.8) is 0 Å². The Hall–Kier alpha value is -0.640. The van der Waals surface area contributed by atoms with Gasteiger partial charge in [0.25, 0.3) is 0 Å². The van der Waals surface area contributed by atoms with E-state index in [1.54, 1.807) is 18.2 Å². The van der Waals surface area contributed by atoms with Gasteiger partial charge in [-0.05, 0) is 31.9 Å². The maximum absolute atomic E-state index is 14.0. The molecular weight excluding hydrogens is 229 g/mol. The second-order valence-corrected chi connectivity index (χ2v) is 4.70. The molecule has 0 spiro atoms. The molecule has 90 valence electrons. The molecule has 1 aromatic carbocycles. The van der Waals surface area contributed by atoms with Crippen LogP contribution in [0.4, 0.5) is 4.39 Å². The monoisotopic (exact) mass is 245 g/mol. The van der Waals surface area contributed by atoms with Crippen molar-refractivity contribution in [3.8, 4) is 0 Å². The van der Waals surface area contributed by atoms with Crippen molar-refractivity contribution in [1.29, 1.82) is 0 Å². The molecule has 1 unspecified atom stereocenters. The van der Waals surface area contributed by atoms with Crippen molar-refractivity contribution in [1.82, 2.24) is 0 Å². The first-order chi connectivity index (χ1) is 7.38. The molecule has 1 atom stereocenters. The summed E-state index contributed by atoms with van der Waals surface area (Å²) in [7, 11) is 0.